The van der Waals surface area contributed by atoms with Crippen molar-refractivity contribution in [2.45, 2.75) is 39.7 Å². The zero-order valence-corrected chi connectivity index (χ0v) is 12.6. The molecule has 2 N–H and O–H groups in total. The van der Waals surface area contributed by atoms with E-state index < -0.39 is 0 Å². The highest BCUT2D eigenvalue weighted by atomic mass is 19.1. The van der Waals surface area contributed by atoms with Crippen molar-refractivity contribution in [3.05, 3.63) is 35.6 Å². The Labute approximate surface area is 121 Å². The molecule has 0 heterocycles. The van der Waals surface area contributed by atoms with Crippen molar-refractivity contribution in [1.82, 2.24) is 4.90 Å². The van der Waals surface area contributed by atoms with Crippen molar-refractivity contribution in [3.63, 3.8) is 0 Å². The van der Waals surface area contributed by atoms with Crippen LogP contribution in [0.15, 0.2) is 24.3 Å². The molecule has 1 aromatic carbocycles. The Bertz CT molecular complexity index is 415. The predicted molar refractivity (Wildman–Crippen MR) is 79.7 cm³/mol. The van der Waals surface area contributed by atoms with E-state index in [9.17, 15) is 9.18 Å². The van der Waals surface area contributed by atoms with Gasteiger partial charge in [0.2, 0.25) is 5.91 Å². The van der Waals surface area contributed by atoms with Crippen molar-refractivity contribution < 1.29 is 9.18 Å². The van der Waals surface area contributed by atoms with Gasteiger partial charge in [0, 0.05) is 13.0 Å². The van der Waals surface area contributed by atoms with Crippen molar-refractivity contribution in [2.24, 2.45) is 11.7 Å². The largest absolute Gasteiger partial charge is 0.336 e. The lowest BCUT2D eigenvalue weighted by molar-refractivity contribution is -0.134. The Morgan fingerprint density at radius 2 is 1.90 bits per heavy atom. The second-order valence-electron chi connectivity index (χ2n) is 5.12. The third-order valence-corrected chi connectivity index (χ3v) is 3.85. The third-order valence-electron chi connectivity index (χ3n) is 3.85. The summed E-state index contributed by atoms with van der Waals surface area (Å²) >= 11 is 0. The Morgan fingerprint density at radius 3 is 2.35 bits per heavy atom. The Kier molecular flexibility index (Phi) is 6.65. The molecule has 0 aliphatic heterocycles. The smallest absolute Gasteiger partial charge is 0.223 e. The molecule has 20 heavy (non-hydrogen) atoms. The summed E-state index contributed by atoms with van der Waals surface area (Å²) in [5.41, 5.74) is 6.61. The molecule has 1 amide bonds. The van der Waals surface area contributed by atoms with Crippen LogP contribution in [0.5, 0.6) is 0 Å². The van der Waals surface area contributed by atoms with Crippen LogP contribution < -0.4 is 5.73 Å². The van der Waals surface area contributed by atoms with E-state index in [2.05, 4.69) is 0 Å². The first-order chi connectivity index (χ1) is 9.53. The molecule has 1 aromatic rings. The monoisotopic (exact) mass is 280 g/mol. The van der Waals surface area contributed by atoms with Crippen LogP contribution in [0.1, 0.15) is 45.2 Å². The van der Waals surface area contributed by atoms with Gasteiger partial charge in [-0.25, -0.2) is 4.39 Å². The summed E-state index contributed by atoms with van der Waals surface area (Å²) in [4.78, 5) is 14.2. The van der Waals surface area contributed by atoms with Gasteiger partial charge in [-0.3, -0.25) is 4.79 Å². The molecule has 0 spiro atoms. The number of hydrogen-bond donors (Lipinski definition) is 1. The zero-order chi connectivity index (χ0) is 15.1. The summed E-state index contributed by atoms with van der Waals surface area (Å²) in [6.45, 7) is 7.15. The van der Waals surface area contributed by atoms with Gasteiger partial charge in [-0.05, 0) is 44.0 Å². The molecule has 3 nitrogen and oxygen atoms in total. The molecular weight excluding hydrogens is 255 g/mol. The molecule has 0 aliphatic carbocycles. The third kappa shape index (κ3) is 4.30. The highest BCUT2D eigenvalue weighted by molar-refractivity contribution is 5.77. The number of nitrogens with two attached hydrogens (primary N) is 1. The molecule has 0 aliphatic rings. The minimum absolute atomic E-state index is 0.0524. The number of benzene rings is 1. The van der Waals surface area contributed by atoms with Gasteiger partial charge in [-0.2, -0.15) is 0 Å². The Hall–Kier alpha value is -1.42. The highest BCUT2D eigenvalue weighted by Crippen LogP contribution is 2.22. The van der Waals surface area contributed by atoms with Crippen LogP contribution in [0, 0.1) is 11.7 Å². The van der Waals surface area contributed by atoms with Gasteiger partial charge in [0.25, 0.3) is 0 Å². The van der Waals surface area contributed by atoms with E-state index in [0.29, 0.717) is 19.5 Å². The van der Waals surface area contributed by atoms with Crippen molar-refractivity contribution >= 4 is 5.91 Å². The average Bonchev–Trinajstić information content (AvgIpc) is 2.46. The van der Waals surface area contributed by atoms with Gasteiger partial charge >= 0.3 is 0 Å². The highest BCUT2D eigenvalue weighted by Gasteiger charge is 2.22. The molecule has 0 radical (unpaired) electrons. The molecule has 2 atom stereocenters. The molecular formula is C16H25FN2O. The van der Waals surface area contributed by atoms with Crippen LogP contribution in [-0.4, -0.2) is 23.9 Å². The number of amides is 1. The number of hydrogen-bond acceptors (Lipinski definition) is 2. The van der Waals surface area contributed by atoms with E-state index in [4.69, 9.17) is 5.73 Å². The lowest BCUT2D eigenvalue weighted by Gasteiger charge is -2.29. The van der Waals surface area contributed by atoms with Crippen molar-refractivity contribution in [2.75, 3.05) is 13.1 Å². The summed E-state index contributed by atoms with van der Waals surface area (Å²) in [5.74, 6) is 0.0862. The summed E-state index contributed by atoms with van der Waals surface area (Å²) in [7, 11) is 0. The van der Waals surface area contributed by atoms with Gasteiger partial charge < -0.3 is 10.6 Å². The molecule has 1 rings (SSSR count). The second kappa shape index (κ2) is 8.00. The summed E-state index contributed by atoms with van der Waals surface area (Å²) in [6.07, 6.45) is 1.39. The molecule has 112 valence electrons. The number of halogens is 1. The maximum Gasteiger partial charge on any atom is 0.223 e. The molecule has 0 aromatic heterocycles. The fourth-order valence-corrected chi connectivity index (χ4v) is 2.35. The van der Waals surface area contributed by atoms with Crippen LogP contribution in [0.25, 0.3) is 0 Å². The van der Waals surface area contributed by atoms with E-state index in [1.165, 1.54) is 12.1 Å². The van der Waals surface area contributed by atoms with Gasteiger partial charge in [-0.1, -0.05) is 25.5 Å². The van der Waals surface area contributed by atoms with Crippen molar-refractivity contribution in [3.8, 4) is 0 Å². The van der Waals surface area contributed by atoms with E-state index in [0.717, 1.165) is 12.0 Å². The van der Waals surface area contributed by atoms with Crippen molar-refractivity contribution in [1.29, 1.82) is 0 Å². The molecule has 4 heteroatoms. The van der Waals surface area contributed by atoms with E-state index in [1.807, 2.05) is 25.7 Å². The molecule has 0 saturated carbocycles. The maximum absolute atomic E-state index is 13.0. The quantitative estimate of drug-likeness (QED) is 0.834. The lowest BCUT2D eigenvalue weighted by Crippen LogP contribution is -2.35. The normalized spacial score (nSPS) is 13.8. The first-order valence-corrected chi connectivity index (χ1v) is 7.28. The van der Waals surface area contributed by atoms with E-state index in [1.54, 1.807) is 12.1 Å². The fourth-order valence-electron chi connectivity index (χ4n) is 2.35. The van der Waals surface area contributed by atoms with Gasteiger partial charge in [-0.15, -0.1) is 0 Å². The summed E-state index contributed by atoms with van der Waals surface area (Å²) < 4.78 is 13.0. The van der Waals surface area contributed by atoms with E-state index in [-0.39, 0.29) is 23.7 Å². The van der Waals surface area contributed by atoms with Gasteiger partial charge in [0.05, 0.1) is 6.04 Å². The van der Waals surface area contributed by atoms with E-state index >= 15 is 0 Å². The van der Waals surface area contributed by atoms with Crippen LogP contribution >= 0.6 is 0 Å². The predicted octanol–water partition coefficient (Wildman–Crippen LogP) is 3.11. The fraction of sp³-hybridized carbons (Fsp3) is 0.562. The summed E-state index contributed by atoms with van der Waals surface area (Å²) in [6, 6.07) is 6.27. The molecule has 0 bridgehead atoms. The molecule has 0 saturated heterocycles. The van der Waals surface area contributed by atoms with Gasteiger partial charge in [0.1, 0.15) is 5.82 Å². The lowest BCUT2D eigenvalue weighted by atomic mass is 10.0. The molecule has 2 unspecified atom stereocenters. The van der Waals surface area contributed by atoms with Crippen LogP contribution in [-0.2, 0) is 4.79 Å². The molecule has 0 fully saturated rings. The average molecular weight is 280 g/mol. The minimum atomic E-state index is -0.260. The number of nitrogens with zero attached hydrogens (tertiary/aromatic N) is 1. The first-order valence-electron chi connectivity index (χ1n) is 7.28. The van der Waals surface area contributed by atoms with Gasteiger partial charge in [0.15, 0.2) is 0 Å². The number of carbonyl (C=O) groups is 1. The first kappa shape index (κ1) is 16.6. The minimum Gasteiger partial charge on any atom is -0.336 e. The maximum atomic E-state index is 13.0. The zero-order valence-electron chi connectivity index (χ0n) is 12.6. The SMILES string of the molecule is CCC(CN)CC(=O)N(CC)C(C)c1ccc(F)cc1. The number of carbonyl (C=O) groups excluding carboxylic acids is 1. The Morgan fingerprint density at radius 1 is 1.30 bits per heavy atom. The topological polar surface area (TPSA) is 46.3 Å². The second-order valence-corrected chi connectivity index (χ2v) is 5.12. The van der Waals surface area contributed by atoms with Crippen LogP contribution in [0.4, 0.5) is 4.39 Å². The number of rotatable bonds is 7. The Balaban J connectivity index is 2.78. The standard InChI is InChI=1S/C16H25FN2O/c1-4-13(11-18)10-16(20)19(5-2)12(3)14-6-8-15(17)9-7-14/h6-9,12-13H,4-5,10-11,18H2,1-3H3. The summed E-state index contributed by atoms with van der Waals surface area (Å²) in [5, 5.41) is 0. The van der Waals surface area contributed by atoms with Crippen LogP contribution in [0.2, 0.25) is 0 Å². The van der Waals surface area contributed by atoms with Crippen LogP contribution in [0.3, 0.4) is 0 Å².